The molecule has 4 nitrogen and oxygen atoms in total. The molecular formula is C30H46O4. The number of allylic oxidation sites excluding steroid dienone is 1. The molecule has 0 N–H and O–H groups in total. The average molecular weight is 471 g/mol. The van der Waals surface area contributed by atoms with E-state index in [1.165, 1.54) is 32.1 Å². The SMILES string of the molecule is CC(=O)O[C@H]1CC[C@@]2(C)C(=C(C)C[C@H]3[C@H]2CC[C@]2(C)[C@@H]4[C@H](C[C@@H]32)O[C@]2(CC[C@@H](C)CO2)[C@H]4C)C1. The molecule has 0 radical (unpaired) electrons. The van der Waals surface area contributed by atoms with Gasteiger partial charge in [-0.05, 0) is 92.3 Å². The second-order valence-electron chi connectivity index (χ2n) is 13.7. The lowest BCUT2D eigenvalue weighted by atomic mass is 9.46. The number of hydrogen-bond acceptors (Lipinski definition) is 4. The fourth-order valence-corrected chi connectivity index (χ4v) is 10.4. The molecule has 0 aromatic carbocycles. The first-order valence-electron chi connectivity index (χ1n) is 14.3. The zero-order valence-corrected chi connectivity index (χ0v) is 22.3. The van der Waals surface area contributed by atoms with Crippen LogP contribution >= 0.6 is 0 Å². The number of fused-ring (bicyclic) bond motifs is 7. The van der Waals surface area contributed by atoms with Crippen molar-refractivity contribution in [1.29, 1.82) is 0 Å². The zero-order valence-electron chi connectivity index (χ0n) is 22.3. The molecule has 190 valence electrons. The highest BCUT2D eigenvalue weighted by atomic mass is 16.7. The van der Waals surface area contributed by atoms with Gasteiger partial charge < -0.3 is 14.2 Å². The van der Waals surface area contributed by atoms with Crippen LogP contribution in [0, 0.1) is 46.3 Å². The summed E-state index contributed by atoms with van der Waals surface area (Å²) in [5, 5.41) is 0. The molecule has 34 heavy (non-hydrogen) atoms. The van der Waals surface area contributed by atoms with E-state index in [4.69, 9.17) is 14.2 Å². The number of ether oxygens (including phenoxy) is 3. The van der Waals surface area contributed by atoms with E-state index in [1.54, 1.807) is 18.1 Å². The normalized spacial score (nSPS) is 54.3. The standard InChI is InChI=1S/C30H46O4/c1-17-7-12-30(32-16-17)19(3)27-26(34-30)15-25-22-13-18(2)24-14-21(33-20(4)31)8-10-28(24,5)23(22)9-11-29(25,27)6/h17,19,21-23,25-27H,7-16H2,1-6H3/t17-,19+,21+,22+,23-,25+,26+,27+,28-,29+,30-/m1/s1. The van der Waals surface area contributed by atoms with Gasteiger partial charge in [0, 0.05) is 25.7 Å². The van der Waals surface area contributed by atoms with E-state index < -0.39 is 0 Å². The van der Waals surface area contributed by atoms with E-state index in [-0.39, 0.29) is 23.3 Å². The Bertz CT molecular complexity index is 884. The average Bonchev–Trinajstić information content (AvgIpc) is 3.22. The van der Waals surface area contributed by atoms with Crippen LogP contribution in [0.3, 0.4) is 0 Å². The summed E-state index contributed by atoms with van der Waals surface area (Å²) in [7, 11) is 0. The van der Waals surface area contributed by atoms with Gasteiger partial charge in [0.05, 0.1) is 12.7 Å². The van der Waals surface area contributed by atoms with Crippen LogP contribution in [0.25, 0.3) is 0 Å². The van der Waals surface area contributed by atoms with Gasteiger partial charge in [-0.2, -0.15) is 0 Å². The predicted molar refractivity (Wildman–Crippen MR) is 132 cm³/mol. The topological polar surface area (TPSA) is 44.8 Å². The van der Waals surface area contributed by atoms with Crippen molar-refractivity contribution in [3.05, 3.63) is 11.1 Å². The Balaban J connectivity index is 1.26. The number of carbonyl (C=O) groups excluding carboxylic acids is 1. The third kappa shape index (κ3) is 3.19. The molecule has 2 heterocycles. The van der Waals surface area contributed by atoms with Gasteiger partial charge >= 0.3 is 5.97 Å². The van der Waals surface area contributed by atoms with E-state index in [9.17, 15) is 4.79 Å². The van der Waals surface area contributed by atoms with Gasteiger partial charge in [-0.25, -0.2) is 0 Å². The smallest absolute Gasteiger partial charge is 0.302 e. The lowest BCUT2D eigenvalue weighted by Crippen LogP contribution is -2.53. The summed E-state index contributed by atoms with van der Waals surface area (Å²) in [4.78, 5) is 11.6. The number of esters is 1. The molecule has 1 spiro atoms. The van der Waals surface area contributed by atoms with Crippen LogP contribution in [0.2, 0.25) is 0 Å². The summed E-state index contributed by atoms with van der Waals surface area (Å²) in [6.07, 6.45) is 11.0. The van der Waals surface area contributed by atoms with E-state index >= 15 is 0 Å². The molecule has 0 amide bonds. The molecule has 4 heteroatoms. The number of hydrogen-bond donors (Lipinski definition) is 0. The molecule has 0 aromatic heterocycles. The minimum absolute atomic E-state index is 0.0791. The highest BCUT2D eigenvalue weighted by Gasteiger charge is 2.68. The second-order valence-corrected chi connectivity index (χ2v) is 13.7. The summed E-state index contributed by atoms with van der Waals surface area (Å²) in [5.41, 5.74) is 3.86. The molecule has 2 saturated heterocycles. The first-order valence-corrected chi connectivity index (χ1v) is 14.3. The van der Waals surface area contributed by atoms with Gasteiger partial charge in [-0.3, -0.25) is 4.79 Å². The van der Waals surface area contributed by atoms with Crippen molar-refractivity contribution >= 4 is 5.97 Å². The van der Waals surface area contributed by atoms with E-state index in [0.717, 1.165) is 50.0 Å². The monoisotopic (exact) mass is 470 g/mol. The minimum Gasteiger partial charge on any atom is -0.462 e. The minimum atomic E-state index is -0.316. The van der Waals surface area contributed by atoms with Crippen LogP contribution in [0.5, 0.6) is 0 Å². The maximum Gasteiger partial charge on any atom is 0.302 e. The summed E-state index contributed by atoms with van der Waals surface area (Å²) >= 11 is 0. The summed E-state index contributed by atoms with van der Waals surface area (Å²) in [6.45, 7) is 14.7. The van der Waals surface area contributed by atoms with Gasteiger partial charge in [0.2, 0.25) is 0 Å². The van der Waals surface area contributed by atoms with E-state index in [0.29, 0.717) is 29.3 Å². The predicted octanol–water partition coefficient (Wildman–Crippen LogP) is 6.67. The van der Waals surface area contributed by atoms with Crippen molar-refractivity contribution in [2.75, 3.05) is 6.61 Å². The zero-order chi connectivity index (χ0) is 24.0. The first-order chi connectivity index (χ1) is 16.1. The lowest BCUT2D eigenvalue weighted by molar-refractivity contribution is -0.272. The van der Waals surface area contributed by atoms with Gasteiger partial charge in [-0.15, -0.1) is 0 Å². The third-order valence-corrected chi connectivity index (χ3v) is 12.0. The van der Waals surface area contributed by atoms with Gasteiger partial charge in [0.15, 0.2) is 5.79 Å². The van der Waals surface area contributed by atoms with Crippen molar-refractivity contribution in [3.63, 3.8) is 0 Å². The van der Waals surface area contributed by atoms with E-state index in [2.05, 4.69) is 34.6 Å². The van der Waals surface area contributed by atoms with Gasteiger partial charge in [0.25, 0.3) is 0 Å². The Kier molecular flexibility index (Phi) is 5.41. The maximum atomic E-state index is 11.6. The third-order valence-electron chi connectivity index (χ3n) is 12.0. The Morgan fingerprint density at radius 2 is 1.82 bits per heavy atom. The Hall–Kier alpha value is -0.870. The van der Waals surface area contributed by atoms with Crippen molar-refractivity contribution in [2.45, 2.75) is 117 Å². The highest BCUT2D eigenvalue weighted by molar-refractivity contribution is 5.66. The molecule has 0 bridgehead atoms. The summed E-state index contributed by atoms with van der Waals surface area (Å²) in [5.74, 6) is 3.61. The van der Waals surface area contributed by atoms with Gasteiger partial charge in [-0.1, -0.05) is 38.8 Å². The molecule has 5 fully saturated rings. The fourth-order valence-electron chi connectivity index (χ4n) is 10.4. The molecule has 3 saturated carbocycles. The summed E-state index contributed by atoms with van der Waals surface area (Å²) < 4.78 is 19.1. The fraction of sp³-hybridized carbons (Fsp3) is 0.900. The molecule has 4 aliphatic carbocycles. The molecule has 6 aliphatic rings. The molecule has 11 atom stereocenters. The van der Waals surface area contributed by atoms with Crippen LogP contribution in [0.15, 0.2) is 11.1 Å². The number of carbonyl (C=O) groups is 1. The molecular weight excluding hydrogens is 424 g/mol. The lowest BCUT2D eigenvalue weighted by Gasteiger charge is -2.59. The Morgan fingerprint density at radius 1 is 1.03 bits per heavy atom. The molecule has 0 unspecified atom stereocenters. The Morgan fingerprint density at radius 3 is 2.53 bits per heavy atom. The maximum absolute atomic E-state index is 11.6. The largest absolute Gasteiger partial charge is 0.462 e. The Labute approximate surface area is 206 Å². The van der Waals surface area contributed by atoms with Crippen molar-refractivity contribution in [2.24, 2.45) is 46.3 Å². The highest BCUT2D eigenvalue weighted by Crippen LogP contribution is 2.71. The first kappa shape index (κ1) is 23.5. The second kappa shape index (κ2) is 7.81. The van der Waals surface area contributed by atoms with Crippen LogP contribution in [0.4, 0.5) is 0 Å². The van der Waals surface area contributed by atoms with Crippen molar-refractivity contribution < 1.29 is 19.0 Å². The van der Waals surface area contributed by atoms with Crippen LogP contribution in [0.1, 0.15) is 99.3 Å². The number of rotatable bonds is 1. The van der Waals surface area contributed by atoms with Crippen LogP contribution in [-0.4, -0.2) is 30.6 Å². The van der Waals surface area contributed by atoms with Crippen LogP contribution < -0.4 is 0 Å². The quantitative estimate of drug-likeness (QED) is 0.317. The van der Waals surface area contributed by atoms with E-state index in [1.807, 2.05) is 0 Å². The molecule has 0 aromatic rings. The van der Waals surface area contributed by atoms with Crippen molar-refractivity contribution in [1.82, 2.24) is 0 Å². The van der Waals surface area contributed by atoms with Gasteiger partial charge in [0.1, 0.15) is 6.10 Å². The van der Waals surface area contributed by atoms with Crippen molar-refractivity contribution in [3.8, 4) is 0 Å². The molecule has 2 aliphatic heterocycles. The molecule has 6 rings (SSSR count). The van der Waals surface area contributed by atoms with Crippen LogP contribution in [-0.2, 0) is 19.0 Å². The summed E-state index contributed by atoms with van der Waals surface area (Å²) in [6, 6.07) is 0.